The molecular formula is C25H31IN2O6. The number of hydrogen-bond donors (Lipinski definition) is 5. The van der Waals surface area contributed by atoms with Gasteiger partial charge in [-0.3, -0.25) is 4.79 Å². The molecule has 0 spiro atoms. The molecule has 3 atom stereocenters. The van der Waals surface area contributed by atoms with E-state index >= 15 is 0 Å². The fourth-order valence-corrected chi connectivity index (χ4v) is 4.56. The summed E-state index contributed by atoms with van der Waals surface area (Å²) in [7, 11) is 1.51. The fraction of sp³-hybridized carbons (Fsp3) is 0.400. The van der Waals surface area contributed by atoms with Gasteiger partial charge < -0.3 is 35.4 Å². The summed E-state index contributed by atoms with van der Waals surface area (Å²) in [6, 6.07) is 11.1. The molecule has 1 aliphatic carbocycles. The van der Waals surface area contributed by atoms with Crippen LogP contribution < -0.4 is 20.1 Å². The first kappa shape index (κ1) is 26.4. The molecule has 0 radical (unpaired) electrons. The minimum absolute atomic E-state index is 0.139. The molecule has 0 fully saturated rings. The molecule has 0 aliphatic heterocycles. The van der Waals surface area contributed by atoms with Crippen LogP contribution in [0.4, 0.5) is 0 Å². The molecule has 184 valence electrons. The fourth-order valence-electron chi connectivity index (χ4n) is 3.77. The van der Waals surface area contributed by atoms with Crippen LogP contribution in [0.25, 0.3) is 0 Å². The number of methoxy groups -OCH3 is 1. The average molecular weight is 582 g/mol. The summed E-state index contributed by atoms with van der Waals surface area (Å²) in [4.78, 5) is 12.7. The highest BCUT2D eigenvalue weighted by Gasteiger charge is 2.36. The second kappa shape index (κ2) is 12.5. The summed E-state index contributed by atoms with van der Waals surface area (Å²) >= 11 is 2.09. The maximum atomic E-state index is 12.7. The predicted octanol–water partition coefficient (Wildman–Crippen LogP) is 1.81. The van der Waals surface area contributed by atoms with Crippen molar-refractivity contribution < 1.29 is 29.6 Å². The van der Waals surface area contributed by atoms with Crippen molar-refractivity contribution in [3.8, 4) is 11.5 Å². The van der Waals surface area contributed by atoms with E-state index in [0.717, 1.165) is 11.1 Å². The first-order valence-electron chi connectivity index (χ1n) is 11.1. The Kier molecular flexibility index (Phi) is 9.72. The number of carbonyl (C=O) groups is 1. The van der Waals surface area contributed by atoms with Gasteiger partial charge in [0.1, 0.15) is 12.2 Å². The Labute approximate surface area is 213 Å². The van der Waals surface area contributed by atoms with Gasteiger partial charge in [-0.15, -0.1) is 0 Å². The minimum Gasteiger partial charge on any atom is -0.493 e. The van der Waals surface area contributed by atoms with Gasteiger partial charge in [0, 0.05) is 24.7 Å². The normalized spacial score (nSPS) is 19.9. The number of aliphatic hydroxyl groups is 3. The number of carbonyl (C=O) groups excluding carboxylic acids is 1. The lowest BCUT2D eigenvalue weighted by atomic mass is 9.89. The molecule has 1 aliphatic rings. The molecule has 2 aromatic carbocycles. The summed E-state index contributed by atoms with van der Waals surface area (Å²) in [6.07, 6.45) is 0.179. The van der Waals surface area contributed by atoms with Gasteiger partial charge in [-0.1, -0.05) is 29.8 Å². The van der Waals surface area contributed by atoms with Crippen LogP contribution in [0, 0.1) is 10.5 Å². The van der Waals surface area contributed by atoms with Crippen LogP contribution >= 0.6 is 22.6 Å². The van der Waals surface area contributed by atoms with Crippen LogP contribution in [0.5, 0.6) is 11.5 Å². The van der Waals surface area contributed by atoms with E-state index in [0.29, 0.717) is 39.2 Å². The van der Waals surface area contributed by atoms with Crippen molar-refractivity contribution in [1.82, 2.24) is 10.6 Å². The highest BCUT2D eigenvalue weighted by atomic mass is 127. The van der Waals surface area contributed by atoms with Crippen LogP contribution in [-0.2, 0) is 17.9 Å². The third kappa shape index (κ3) is 6.70. The van der Waals surface area contributed by atoms with Gasteiger partial charge in [0.15, 0.2) is 11.5 Å². The van der Waals surface area contributed by atoms with Gasteiger partial charge in [0.05, 0.1) is 23.9 Å². The minimum atomic E-state index is -0.933. The van der Waals surface area contributed by atoms with Crippen molar-refractivity contribution in [2.45, 2.75) is 44.7 Å². The zero-order valence-electron chi connectivity index (χ0n) is 19.3. The molecule has 9 heteroatoms. The monoisotopic (exact) mass is 582 g/mol. The number of halogens is 1. The molecule has 34 heavy (non-hydrogen) atoms. The second-order valence-corrected chi connectivity index (χ2v) is 9.35. The van der Waals surface area contributed by atoms with Gasteiger partial charge in [-0.05, 0) is 65.3 Å². The van der Waals surface area contributed by atoms with E-state index in [-0.39, 0.29) is 25.7 Å². The Morgan fingerprint density at radius 2 is 1.91 bits per heavy atom. The maximum Gasteiger partial charge on any atom is 0.247 e. The molecule has 2 aromatic rings. The number of ether oxygens (including phenoxy) is 2. The van der Waals surface area contributed by atoms with Crippen LogP contribution in [0.2, 0.25) is 0 Å². The van der Waals surface area contributed by atoms with Crippen molar-refractivity contribution >= 4 is 28.5 Å². The smallest absolute Gasteiger partial charge is 0.247 e. The van der Waals surface area contributed by atoms with Crippen molar-refractivity contribution in [2.75, 3.05) is 20.3 Å². The Morgan fingerprint density at radius 3 is 2.56 bits per heavy atom. The van der Waals surface area contributed by atoms with Crippen LogP contribution in [0.15, 0.2) is 48.0 Å². The third-order valence-electron chi connectivity index (χ3n) is 5.66. The van der Waals surface area contributed by atoms with E-state index in [1.54, 1.807) is 18.2 Å². The molecule has 0 heterocycles. The number of nitrogens with one attached hydrogen (secondary N) is 2. The SMILES string of the molecule is COc1cc(CO)cc(I)c1O[C@H]1C=C(C(=O)NCCO)C[C@@H](NCc2ccc(C)cc2)[C@@H]1O. The predicted molar refractivity (Wildman–Crippen MR) is 137 cm³/mol. The Morgan fingerprint density at radius 1 is 1.18 bits per heavy atom. The molecule has 0 saturated carbocycles. The van der Waals surface area contributed by atoms with Gasteiger partial charge >= 0.3 is 0 Å². The molecule has 5 N–H and O–H groups in total. The van der Waals surface area contributed by atoms with Crippen molar-refractivity contribution in [1.29, 1.82) is 0 Å². The first-order valence-corrected chi connectivity index (χ1v) is 12.1. The Hall–Kier alpha value is -2.18. The number of amides is 1. The zero-order valence-corrected chi connectivity index (χ0v) is 21.4. The zero-order chi connectivity index (χ0) is 24.7. The number of aryl methyl sites for hydroxylation is 1. The van der Waals surface area contributed by atoms with Crippen LogP contribution in [0.3, 0.4) is 0 Å². The number of aliphatic hydroxyl groups excluding tert-OH is 3. The summed E-state index contributed by atoms with van der Waals surface area (Å²) in [6.45, 7) is 2.38. The Balaban J connectivity index is 1.85. The number of hydrogen-bond acceptors (Lipinski definition) is 7. The standard InChI is InChI=1S/C25H31IN2O6/c1-15-3-5-16(6-4-15)13-28-20-11-18(25(32)27-7-8-29)12-21(23(20)31)34-24-19(26)9-17(14-30)10-22(24)33-2/h3-6,9-10,12,20-21,23,28-31H,7-8,11,13-14H2,1-2H3,(H,27,32)/t20-,21+,23+/m1/s1. The Bertz CT molecular complexity index is 1010. The lowest BCUT2D eigenvalue weighted by molar-refractivity contribution is -0.118. The van der Waals surface area contributed by atoms with E-state index in [1.807, 2.05) is 31.2 Å². The molecule has 3 rings (SSSR count). The van der Waals surface area contributed by atoms with Gasteiger partial charge in [-0.25, -0.2) is 0 Å². The highest BCUT2D eigenvalue weighted by molar-refractivity contribution is 14.1. The largest absolute Gasteiger partial charge is 0.493 e. The average Bonchev–Trinajstić information content (AvgIpc) is 2.84. The van der Waals surface area contributed by atoms with Crippen LogP contribution in [0.1, 0.15) is 23.1 Å². The van der Waals surface area contributed by atoms with E-state index in [9.17, 15) is 15.0 Å². The van der Waals surface area contributed by atoms with Crippen molar-refractivity contribution in [3.05, 3.63) is 68.3 Å². The highest BCUT2D eigenvalue weighted by Crippen LogP contribution is 2.36. The van der Waals surface area contributed by atoms with E-state index in [2.05, 4.69) is 33.2 Å². The second-order valence-electron chi connectivity index (χ2n) is 8.19. The van der Waals surface area contributed by atoms with Gasteiger partial charge in [-0.2, -0.15) is 0 Å². The maximum absolute atomic E-state index is 12.7. The molecule has 0 unspecified atom stereocenters. The van der Waals surface area contributed by atoms with Gasteiger partial charge in [0.2, 0.25) is 5.91 Å². The first-order chi connectivity index (χ1) is 16.4. The van der Waals surface area contributed by atoms with Crippen molar-refractivity contribution in [3.63, 3.8) is 0 Å². The molecule has 1 amide bonds. The molecule has 0 bridgehead atoms. The topological polar surface area (TPSA) is 120 Å². The molecule has 8 nitrogen and oxygen atoms in total. The summed E-state index contributed by atoms with van der Waals surface area (Å²) < 4.78 is 12.4. The lowest BCUT2D eigenvalue weighted by Gasteiger charge is -2.34. The summed E-state index contributed by atoms with van der Waals surface area (Å²) in [5, 5.41) is 35.7. The quantitative estimate of drug-likeness (QED) is 0.271. The summed E-state index contributed by atoms with van der Waals surface area (Å²) in [5.74, 6) is 0.543. The van der Waals surface area contributed by atoms with Crippen LogP contribution in [-0.4, -0.2) is 59.7 Å². The van der Waals surface area contributed by atoms with E-state index in [4.69, 9.17) is 14.6 Å². The van der Waals surface area contributed by atoms with Gasteiger partial charge in [0.25, 0.3) is 0 Å². The number of rotatable bonds is 10. The van der Waals surface area contributed by atoms with E-state index in [1.165, 1.54) is 7.11 Å². The van der Waals surface area contributed by atoms with Crippen molar-refractivity contribution in [2.24, 2.45) is 0 Å². The lowest BCUT2D eigenvalue weighted by Crippen LogP contribution is -2.51. The molecule has 0 aromatic heterocycles. The molecular weight excluding hydrogens is 551 g/mol. The third-order valence-corrected chi connectivity index (χ3v) is 6.46. The van der Waals surface area contributed by atoms with E-state index < -0.39 is 18.2 Å². The molecule has 0 saturated heterocycles. The number of benzene rings is 2. The summed E-state index contributed by atoms with van der Waals surface area (Å²) in [5.41, 5.74) is 3.37.